The molecule has 1 aromatic heterocycles. The van der Waals surface area contributed by atoms with Gasteiger partial charge in [0.1, 0.15) is 12.3 Å². The van der Waals surface area contributed by atoms with Crippen LogP contribution < -0.4 is 9.47 Å². The van der Waals surface area contributed by atoms with Gasteiger partial charge in [0.2, 0.25) is 12.7 Å². The number of fused-ring (bicyclic) bond motifs is 1. The molecule has 0 fully saturated rings. The summed E-state index contributed by atoms with van der Waals surface area (Å²) in [5.74, 6) is 1.42. The number of amides is 2. The topological polar surface area (TPSA) is 72.2 Å². The van der Waals surface area contributed by atoms with Crippen molar-refractivity contribution in [2.75, 3.05) is 13.3 Å². The van der Waals surface area contributed by atoms with Crippen molar-refractivity contribution < 1.29 is 23.5 Å². The quantitative estimate of drug-likeness (QED) is 0.412. The maximum absolute atomic E-state index is 13.5. The van der Waals surface area contributed by atoms with Crippen LogP contribution in [0.2, 0.25) is 10.0 Å². The molecule has 9 heteroatoms. The van der Waals surface area contributed by atoms with Crippen LogP contribution in [0.25, 0.3) is 0 Å². The predicted molar refractivity (Wildman–Crippen MR) is 128 cm³/mol. The first-order valence-corrected chi connectivity index (χ1v) is 11.5. The van der Waals surface area contributed by atoms with E-state index in [1.807, 2.05) is 32.0 Å². The molecule has 7 nitrogen and oxygen atoms in total. The maximum atomic E-state index is 13.5. The van der Waals surface area contributed by atoms with Crippen molar-refractivity contribution in [3.05, 3.63) is 81.7 Å². The second kappa shape index (κ2) is 10.4. The summed E-state index contributed by atoms with van der Waals surface area (Å²) >= 11 is 12.1. The molecule has 178 valence electrons. The van der Waals surface area contributed by atoms with E-state index in [1.165, 1.54) is 11.0 Å². The van der Waals surface area contributed by atoms with Crippen LogP contribution >= 0.6 is 23.2 Å². The molecular weight excluding hydrogens is 479 g/mol. The van der Waals surface area contributed by atoms with Gasteiger partial charge >= 0.3 is 0 Å². The van der Waals surface area contributed by atoms with Gasteiger partial charge in [-0.3, -0.25) is 9.59 Å². The first-order valence-electron chi connectivity index (χ1n) is 10.8. The lowest BCUT2D eigenvalue weighted by Gasteiger charge is -2.30. The van der Waals surface area contributed by atoms with Crippen LogP contribution in [-0.4, -0.2) is 41.0 Å². The fraction of sp³-hybridized carbons (Fsp3) is 0.280. The fourth-order valence-corrected chi connectivity index (χ4v) is 3.91. The molecule has 0 saturated heterocycles. The minimum absolute atomic E-state index is 0.109. The highest BCUT2D eigenvalue weighted by Gasteiger charge is 2.26. The molecule has 1 aliphatic heterocycles. The van der Waals surface area contributed by atoms with Crippen LogP contribution in [0.15, 0.2) is 59.2 Å². The van der Waals surface area contributed by atoms with Gasteiger partial charge in [0.05, 0.1) is 22.9 Å². The van der Waals surface area contributed by atoms with E-state index in [2.05, 4.69) is 0 Å². The van der Waals surface area contributed by atoms with E-state index in [4.69, 9.17) is 37.1 Å². The number of carbonyl (C=O) groups excluding carboxylic acids is 2. The van der Waals surface area contributed by atoms with Gasteiger partial charge in [-0.2, -0.15) is 0 Å². The molecule has 0 bridgehead atoms. The summed E-state index contributed by atoms with van der Waals surface area (Å²) in [4.78, 5) is 29.8. The normalized spacial score (nSPS) is 12.1. The van der Waals surface area contributed by atoms with Gasteiger partial charge in [0.15, 0.2) is 11.5 Å². The van der Waals surface area contributed by atoms with Crippen LogP contribution in [-0.2, 0) is 17.9 Å². The SMILES string of the molecule is CC(C)N(CC(=O)N(Cc1ccc2c(c1)OCO2)Cc1ccco1)C(=O)c1ccc(Cl)c(Cl)c1. The van der Waals surface area contributed by atoms with E-state index in [1.54, 1.807) is 35.4 Å². The number of ether oxygens (including phenoxy) is 2. The van der Waals surface area contributed by atoms with Crippen molar-refractivity contribution >= 4 is 35.0 Å². The molecule has 3 aromatic rings. The molecule has 0 N–H and O–H groups in total. The molecule has 0 atom stereocenters. The zero-order valence-electron chi connectivity index (χ0n) is 18.8. The zero-order valence-corrected chi connectivity index (χ0v) is 20.3. The zero-order chi connectivity index (χ0) is 24.2. The molecule has 2 aromatic carbocycles. The van der Waals surface area contributed by atoms with Gasteiger partial charge in [-0.25, -0.2) is 0 Å². The summed E-state index contributed by atoms with van der Waals surface area (Å²) < 4.78 is 16.3. The average Bonchev–Trinajstić information content (AvgIpc) is 3.49. The Kier molecular flexibility index (Phi) is 7.34. The summed E-state index contributed by atoms with van der Waals surface area (Å²) in [6, 6.07) is 13.6. The largest absolute Gasteiger partial charge is 0.467 e. The Hall–Kier alpha value is -3.16. The standard InChI is InChI=1S/C25H24Cl2N2O5/c1-16(2)29(25(31)18-6-7-20(26)21(27)11-18)14-24(30)28(13-19-4-3-9-32-19)12-17-5-8-22-23(10-17)34-15-33-22/h3-11,16H,12-15H2,1-2H3. The van der Waals surface area contributed by atoms with Crippen molar-refractivity contribution in [1.29, 1.82) is 0 Å². The maximum Gasteiger partial charge on any atom is 0.254 e. The summed E-state index contributed by atoms with van der Waals surface area (Å²) in [6.45, 7) is 4.35. The lowest BCUT2D eigenvalue weighted by Crippen LogP contribution is -2.45. The second-order valence-electron chi connectivity index (χ2n) is 8.17. The number of rotatable bonds is 8. The van der Waals surface area contributed by atoms with Gasteiger partial charge in [0, 0.05) is 18.2 Å². The summed E-state index contributed by atoms with van der Waals surface area (Å²) in [5, 5.41) is 0.642. The number of hydrogen-bond donors (Lipinski definition) is 0. The van der Waals surface area contributed by atoms with Crippen molar-refractivity contribution in [2.24, 2.45) is 0 Å². The van der Waals surface area contributed by atoms with E-state index in [0.29, 0.717) is 34.4 Å². The highest BCUT2D eigenvalue weighted by molar-refractivity contribution is 6.42. The van der Waals surface area contributed by atoms with Crippen molar-refractivity contribution in [3.8, 4) is 11.5 Å². The summed E-state index contributed by atoms with van der Waals surface area (Å²) in [7, 11) is 0. The number of furan rings is 1. The molecule has 0 aliphatic carbocycles. The molecule has 1 aliphatic rings. The monoisotopic (exact) mass is 502 g/mol. The third-order valence-electron chi connectivity index (χ3n) is 5.45. The second-order valence-corrected chi connectivity index (χ2v) is 8.99. The minimum atomic E-state index is -0.303. The molecule has 34 heavy (non-hydrogen) atoms. The Morgan fingerprint density at radius 2 is 1.76 bits per heavy atom. The lowest BCUT2D eigenvalue weighted by atomic mass is 10.1. The van der Waals surface area contributed by atoms with Gasteiger partial charge in [-0.1, -0.05) is 29.3 Å². The Morgan fingerprint density at radius 1 is 0.971 bits per heavy atom. The Labute approximate surface area is 207 Å². The van der Waals surface area contributed by atoms with Crippen LogP contribution in [0, 0.1) is 0 Å². The molecule has 0 radical (unpaired) electrons. The van der Waals surface area contributed by atoms with Crippen molar-refractivity contribution in [1.82, 2.24) is 9.80 Å². The Balaban J connectivity index is 1.55. The van der Waals surface area contributed by atoms with Crippen LogP contribution in [0.3, 0.4) is 0 Å². The molecule has 0 spiro atoms. The van der Waals surface area contributed by atoms with E-state index < -0.39 is 0 Å². The Bertz CT molecular complexity index is 1180. The molecule has 2 amide bonds. The Morgan fingerprint density at radius 3 is 2.47 bits per heavy atom. The van der Waals surface area contributed by atoms with Gasteiger partial charge < -0.3 is 23.7 Å². The summed E-state index contributed by atoms with van der Waals surface area (Å²) in [6.07, 6.45) is 1.56. The van der Waals surface area contributed by atoms with Crippen molar-refractivity contribution in [3.63, 3.8) is 0 Å². The first kappa shape index (κ1) is 24.0. The lowest BCUT2D eigenvalue weighted by molar-refractivity contribution is -0.133. The first-order chi connectivity index (χ1) is 16.3. The molecule has 4 rings (SSSR count). The number of benzene rings is 2. The highest BCUT2D eigenvalue weighted by Crippen LogP contribution is 2.33. The number of halogens is 2. The molecule has 0 unspecified atom stereocenters. The number of hydrogen-bond acceptors (Lipinski definition) is 5. The minimum Gasteiger partial charge on any atom is -0.467 e. The van der Waals surface area contributed by atoms with Crippen LogP contribution in [0.1, 0.15) is 35.5 Å². The average molecular weight is 503 g/mol. The molecule has 2 heterocycles. The summed E-state index contributed by atoms with van der Waals surface area (Å²) in [5.41, 5.74) is 1.24. The van der Waals surface area contributed by atoms with E-state index in [9.17, 15) is 9.59 Å². The van der Waals surface area contributed by atoms with Gasteiger partial charge in [-0.05, 0) is 61.9 Å². The van der Waals surface area contributed by atoms with E-state index in [0.717, 1.165) is 5.56 Å². The highest BCUT2D eigenvalue weighted by atomic mass is 35.5. The number of nitrogens with zero attached hydrogens (tertiary/aromatic N) is 2. The number of carbonyl (C=O) groups is 2. The molecular formula is C25H24Cl2N2O5. The van der Waals surface area contributed by atoms with Gasteiger partial charge in [-0.15, -0.1) is 0 Å². The van der Waals surface area contributed by atoms with E-state index >= 15 is 0 Å². The van der Waals surface area contributed by atoms with Crippen molar-refractivity contribution in [2.45, 2.75) is 33.0 Å². The van der Waals surface area contributed by atoms with Crippen LogP contribution in [0.4, 0.5) is 0 Å². The third kappa shape index (κ3) is 5.48. The van der Waals surface area contributed by atoms with Gasteiger partial charge in [0.25, 0.3) is 5.91 Å². The predicted octanol–water partition coefficient (Wildman–Crippen LogP) is 5.39. The third-order valence-corrected chi connectivity index (χ3v) is 6.19. The fourth-order valence-electron chi connectivity index (χ4n) is 3.61. The smallest absolute Gasteiger partial charge is 0.254 e. The van der Waals surface area contributed by atoms with Crippen LogP contribution in [0.5, 0.6) is 11.5 Å². The van der Waals surface area contributed by atoms with E-state index in [-0.39, 0.29) is 42.8 Å². The molecule has 0 saturated carbocycles.